The number of benzene rings is 1. The molecule has 0 spiro atoms. The van der Waals surface area contributed by atoms with Crippen LogP contribution in [0.15, 0.2) is 41.1 Å². The molecule has 1 heterocycles. The maximum Gasteiger partial charge on any atom is 0.280 e. The van der Waals surface area contributed by atoms with E-state index < -0.39 is 5.91 Å². The molecule has 0 unspecified atom stereocenters. The molecule has 27 heavy (non-hydrogen) atoms. The van der Waals surface area contributed by atoms with Crippen LogP contribution in [0.5, 0.6) is 0 Å². The first-order chi connectivity index (χ1) is 12.8. The van der Waals surface area contributed by atoms with Gasteiger partial charge in [-0.25, -0.2) is 15.1 Å². The normalized spacial score (nSPS) is 12.4. The Kier molecular flexibility index (Phi) is 7.32. The maximum atomic E-state index is 11.8. The van der Waals surface area contributed by atoms with E-state index in [1.54, 1.807) is 29.2 Å². The molecule has 0 aliphatic heterocycles. The first kappa shape index (κ1) is 20.9. The molecule has 144 valence electrons. The number of hydrogen-bond donors (Lipinski definition) is 1. The number of nitrogens with one attached hydrogen (secondary N) is 1. The van der Waals surface area contributed by atoms with Crippen molar-refractivity contribution in [2.75, 3.05) is 6.61 Å². The lowest BCUT2D eigenvalue weighted by Gasteiger charge is -2.20. The number of halogens is 2. The minimum absolute atomic E-state index is 0.258. The van der Waals surface area contributed by atoms with Crippen LogP contribution in [0.25, 0.3) is 0 Å². The minimum Gasteiger partial charge on any atom is -0.386 e. The average Bonchev–Trinajstić information content (AvgIpc) is 3.08. The highest BCUT2D eigenvalue weighted by atomic mass is 35.5. The molecule has 2 aromatic rings. The summed E-state index contributed by atoms with van der Waals surface area (Å²) in [5.41, 5.74) is 3.44. The SMILES string of the molecule is CC(C)(C)/C(Cn1cncn1)=N/OCC(=O)N/N=C/c1ccc(Cl)cc1Cl. The Morgan fingerprint density at radius 3 is 2.78 bits per heavy atom. The molecule has 1 aromatic heterocycles. The first-order valence-corrected chi connectivity index (χ1v) is 8.80. The molecule has 0 fully saturated rings. The summed E-state index contributed by atoms with van der Waals surface area (Å²) in [6, 6.07) is 4.96. The largest absolute Gasteiger partial charge is 0.386 e. The Morgan fingerprint density at radius 1 is 1.37 bits per heavy atom. The number of hydrazone groups is 1. The molecule has 0 radical (unpaired) electrons. The van der Waals surface area contributed by atoms with Crippen molar-refractivity contribution in [3.63, 3.8) is 0 Å². The van der Waals surface area contributed by atoms with E-state index in [0.29, 0.717) is 22.2 Å². The van der Waals surface area contributed by atoms with Gasteiger partial charge < -0.3 is 4.84 Å². The van der Waals surface area contributed by atoms with Crippen LogP contribution in [-0.4, -0.2) is 39.2 Å². The number of nitrogens with zero attached hydrogens (tertiary/aromatic N) is 5. The first-order valence-electron chi connectivity index (χ1n) is 8.04. The van der Waals surface area contributed by atoms with E-state index in [1.807, 2.05) is 20.8 Å². The lowest BCUT2D eigenvalue weighted by atomic mass is 9.90. The van der Waals surface area contributed by atoms with Crippen molar-refractivity contribution in [3.8, 4) is 0 Å². The second-order valence-electron chi connectivity index (χ2n) is 6.61. The summed E-state index contributed by atoms with van der Waals surface area (Å²) in [5, 5.41) is 12.9. The third kappa shape index (κ3) is 6.99. The fourth-order valence-electron chi connectivity index (χ4n) is 1.85. The van der Waals surface area contributed by atoms with Gasteiger partial charge in [0.05, 0.1) is 23.5 Å². The number of carbonyl (C=O) groups excluding carboxylic acids is 1. The molecule has 1 N–H and O–H groups in total. The second kappa shape index (κ2) is 9.48. The third-order valence-electron chi connectivity index (χ3n) is 3.37. The lowest BCUT2D eigenvalue weighted by Crippen LogP contribution is -2.27. The van der Waals surface area contributed by atoms with Crippen molar-refractivity contribution in [3.05, 3.63) is 46.5 Å². The van der Waals surface area contributed by atoms with Crippen LogP contribution in [0.2, 0.25) is 10.0 Å². The zero-order chi connectivity index (χ0) is 19.9. The predicted molar refractivity (Wildman–Crippen MR) is 105 cm³/mol. The molecule has 0 bridgehead atoms. The van der Waals surface area contributed by atoms with Crippen LogP contribution in [0.1, 0.15) is 26.3 Å². The number of carbonyl (C=O) groups is 1. The van der Waals surface area contributed by atoms with E-state index in [4.69, 9.17) is 28.0 Å². The highest BCUT2D eigenvalue weighted by molar-refractivity contribution is 6.36. The van der Waals surface area contributed by atoms with Gasteiger partial charge in [0.25, 0.3) is 5.91 Å². The number of aromatic nitrogens is 3. The zero-order valence-electron chi connectivity index (χ0n) is 15.2. The number of amides is 1. The number of hydrogen-bond acceptors (Lipinski definition) is 6. The summed E-state index contributed by atoms with van der Waals surface area (Å²) in [4.78, 5) is 20.9. The van der Waals surface area contributed by atoms with Crippen LogP contribution in [0, 0.1) is 5.41 Å². The van der Waals surface area contributed by atoms with E-state index in [2.05, 4.69) is 25.8 Å². The zero-order valence-corrected chi connectivity index (χ0v) is 16.7. The molecular weight excluding hydrogens is 391 g/mol. The van der Waals surface area contributed by atoms with E-state index in [0.717, 1.165) is 5.71 Å². The molecule has 2 rings (SSSR count). The van der Waals surface area contributed by atoms with Gasteiger partial charge >= 0.3 is 0 Å². The summed E-state index contributed by atoms with van der Waals surface area (Å²) < 4.78 is 1.63. The van der Waals surface area contributed by atoms with Gasteiger partial charge in [0, 0.05) is 16.0 Å². The average molecular weight is 411 g/mol. The fraction of sp³-hybridized carbons (Fsp3) is 0.353. The topological polar surface area (TPSA) is 93.8 Å². The Morgan fingerprint density at radius 2 is 2.15 bits per heavy atom. The van der Waals surface area contributed by atoms with Gasteiger partial charge in [-0.2, -0.15) is 10.2 Å². The standard InChI is InChI=1S/C17H20Cl2N6O2/c1-17(2,3)15(8-25-11-20-10-22-25)24-27-9-16(26)23-21-7-12-4-5-13(18)6-14(12)19/h4-7,10-11H,8-9H2,1-3H3,(H,23,26)/b21-7+,24-15+. The van der Waals surface area contributed by atoms with Crippen LogP contribution in [0.4, 0.5) is 0 Å². The Bertz CT molecular complexity index is 828. The maximum absolute atomic E-state index is 11.8. The van der Waals surface area contributed by atoms with Crippen LogP contribution in [0.3, 0.4) is 0 Å². The predicted octanol–water partition coefficient (Wildman–Crippen LogP) is 3.15. The molecular formula is C17H20Cl2N6O2. The molecule has 8 nitrogen and oxygen atoms in total. The van der Waals surface area contributed by atoms with E-state index in [9.17, 15) is 4.79 Å². The molecule has 0 saturated heterocycles. The quantitative estimate of drug-likeness (QED) is 0.560. The summed E-state index contributed by atoms with van der Waals surface area (Å²) in [5.74, 6) is -0.450. The summed E-state index contributed by atoms with van der Waals surface area (Å²) in [7, 11) is 0. The van der Waals surface area contributed by atoms with Gasteiger partial charge in [-0.3, -0.25) is 4.79 Å². The molecule has 0 atom stereocenters. The van der Waals surface area contributed by atoms with Crippen LogP contribution >= 0.6 is 23.2 Å². The highest BCUT2D eigenvalue weighted by Gasteiger charge is 2.21. The second-order valence-corrected chi connectivity index (χ2v) is 7.46. The summed E-state index contributed by atoms with van der Waals surface area (Å²) in [6.45, 7) is 6.12. The van der Waals surface area contributed by atoms with Gasteiger partial charge in [0.15, 0.2) is 6.61 Å². The van der Waals surface area contributed by atoms with Crippen LogP contribution in [-0.2, 0) is 16.2 Å². The van der Waals surface area contributed by atoms with E-state index >= 15 is 0 Å². The van der Waals surface area contributed by atoms with E-state index in [-0.39, 0.29) is 12.0 Å². The highest BCUT2D eigenvalue weighted by Crippen LogP contribution is 2.19. The number of rotatable bonds is 7. The molecule has 0 aliphatic rings. The van der Waals surface area contributed by atoms with Crippen molar-refractivity contribution in [1.82, 2.24) is 20.2 Å². The van der Waals surface area contributed by atoms with Crippen LogP contribution < -0.4 is 5.43 Å². The smallest absolute Gasteiger partial charge is 0.280 e. The van der Waals surface area contributed by atoms with Crippen molar-refractivity contribution in [2.45, 2.75) is 27.3 Å². The van der Waals surface area contributed by atoms with Gasteiger partial charge in [0.2, 0.25) is 0 Å². The Balaban J connectivity index is 1.87. The molecule has 10 heteroatoms. The van der Waals surface area contributed by atoms with Crippen molar-refractivity contribution in [1.29, 1.82) is 0 Å². The lowest BCUT2D eigenvalue weighted by molar-refractivity contribution is -0.125. The third-order valence-corrected chi connectivity index (χ3v) is 3.93. The van der Waals surface area contributed by atoms with Gasteiger partial charge in [-0.1, -0.05) is 55.2 Å². The Hall–Kier alpha value is -2.45. The minimum atomic E-state index is -0.450. The number of oxime groups is 1. The summed E-state index contributed by atoms with van der Waals surface area (Å²) in [6.07, 6.45) is 4.45. The van der Waals surface area contributed by atoms with Crippen molar-refractivity contribution < 1.29 is 9.63 Å². The molecule has 0 saturated carbocycles. The van der Waals surface area contributed by atoms with Gasteiger partial charge in [-0.05, 0) is 12.1 Å². The Labute approximate surface area is 167 Å². The monoisotopic (exact) mass is 410 g/mol. The molecule has 1 amide bonds. The van der Waals surface area contributed by atoms with Crippen molar-refractivity contribution >= 4 is 41.0 Å². The fourth-order valence-corrected chi connectivity index (χ4v) is 2.31. The molecule has 0 aliphatic carbocycles. The molecule has 1 aromatic carbocycles. The summed E-state index contributed by atoms with van der Waals surface area (Å²) >= 11 is 11.8. The van der Waals surface area contributed by atoms with Gasteiger partial charge in [0.1, 0.15) is 12.7 Å². The van der Waals surface area contributed by atoms with Crippen molar-refractivity contribution in [2.24, 2.45) is 15.7 Å². The van der Waals surface area contributed by atoms with E-state index in [1.165, 1.54) is 12.5 Å². The van der Waals surface area contributed by atoms with Gasteiger partial charge in [-0.15, -0.1) is 0 Å².